The first-order valence-corrected chi connectivity index (χ1v) is 10.9. The van der Waals surface area contributed by atoms with E-state index in [1.165, 1.54) is 12.0 Å². The Kier molecular flexibility index (Phi) is 7.82. The molecule has 0 fully saturated rings. The fourth-order valence-corrected chi connectivity index (χ4v) is 3.73. The second-order valence-electron chi connectivity index (χ2n) is 7.86. The van der Waals surface area contributed by atoms with E-state index in [9.17, 15) is 22.8 Å². The van der Waals surface area contributed by atoms with Crippen molar-refractivity contribution >= 4 is 17.6 Å². The quantitative estimate of drug-likeness (QED) is 0.460. The molecule has 3 aromatic rings. The molecule has 2 N–H and O–H groups in total. The molecule has 0 spiro atoms. The number of fused-ring (bicyclic) bond motifs is 1. The molecule has 1 unspecified atom stereocenters. The second kappa shape index (κ2) is 10.6. The number of nitrogens with one attached hydrogen (secondary N) is 1. The lowest BCUT2D eigenvalue weighted by atomic mass is 10.0. The van der Waals surface area contributed by atoms with Gasteiger partial charge >= 0.3 is 18.2 Å². The summed E-state index contributed by atoms with van der Waals surface area (Å²) < 4.78 is 47.2. The van der Waals surface area contributed by atoms with Gasteiger partial charge in [-0.25, -0.2) is 14.8 Å². The second-order valence-corrected chi connectivity index (χ2v) is 7.86. The number of methoxy groups -OCH3 is 1. The minimum Gasteiger partial charge on any atom is -0.481 e. The zero-order valence-electron chi connectivity index (χ0n) is 19.4. The third-order valence-electron chi connectivity index (χ3n) is 5.61. The van der Waals surface area contributed by atoms with Crippen molar-refractivity contribution in [2.24, 2.45) is 0 Å². The Morgan fingerprint density at radius 1 is 1.31 bits per heavy atom. The van der Waals surface area contributed by atoms with Crippen LogP contribution in [0, 0.1) is 0 Å². The van der Waals surface area contributed by atoms with Crippen LogP contribution in [0.15, 0.2) is 42.9 Å². The molecule has 0 bridgehead atoms. The van der Waals surface area contributed by atoms with E-state index >= 15 is 0 Å². The number of amides is 2. The first-order valence-electron chi connectivity index (χ1n) is 10.9. The highest BCUT2D eigenvalue weighted by Crippen LogP contribution is 2.29. The maximum absolute atomic E-state index is 13.4. The summed E-state index contributed by atoms with van der Waals surface area (Å²) in [6.07, 6.45) is -1.11. The van der Waals surface area contributed by atoms with Gasteiger partial charge in [-0.05, 0) is 31.9 Å². The molecular formula is C23H26F3N5O4. The molecule has 0 saturated heterocycles. The molecule has 0 radical (unpaired) electrons. The minimum absolute atomic E-state index is 0.133. The maximum atomic E-state index is 13.4. The van der Waals surface area contributed by atoms with Gasteiger partial charge in [0.2, 0.25) is 0 Å². The highest BCUT2D eigenvalue weighted by molar-refractivity contribution is 5.75. The van der Waals surface area contributed by atoms with Crippen LogP contribution in [0.4, 0.5) is 18.0 Å². The SMILES string of the molecule is CCN(C(=O)NC(CCC(=O)O)C(F)(F)F)[C@H](C)c1cccc(-c2cn3ccnc3c(OC)n2)c1. The van der Waals surface area contributed by atoms with Gasteiger partial charge < -0.3 is 24.5 Å². The van der Waals surface area contributed by atoms with Crippen molar-refractivity contribution in [2.75, 3.05) is 13.7 Å². The van der Waals surface area contributed by atoms with Gasteiger partial charge in [0.1, 0.15) is 6.04 Å². The van der Waals surface area contributed by atoms with Gasteiger partial charge in [-0.3, -0.25) is 4.79 Å². The minimum atomic E-state index is -4.77. The number of aromatic nitrogens is 3. The van der Waals surface area contributed by atoms with Crippen LogP contribution in [-0.2, 0) is 4.79 Å². The Morgan fingerprint density at radius 2 is 2.06 bits per heavy atom. The lowest BCUT2D eigenvalue weighted by molar-refractivity contribution is -0.157. The average Bonchev–Trinajstić information content (AvgIpc) is 3.29. The molecule has 12 heteroatoms. The lowest BCUT2D eigenvalue weighted by Crippen LogP contribution is -2.51. The van der Waals surface area contributed by atoms with Crippen LogP contribution in [0.3, 0.4) is 0 Å². The molecular weight excluding hydrogens is 467 g/mol. The largest absolute Gasteiger partial charge is 0.481 e. The topological polar surface area (TPSA) is 109 Å². The molecule has 188 valence electrons. The van der Waals surface area contributed by atoms with E-state index in [-0.39, 0.29) is 6.54 Å². The van der Waals surface area contributed by atoms with E-state index in [4.69, 9.17) is 9.84 Å². The van der Waals surface area contributed by atoms with E-state index in [1.54, 1.807) is 55.0 Å². The molecule has 2 aromatic heterocycles. The fourth-order valence-electron chi connectivity index (χ4n) is 3.73. The number of ether oxygens (including phenoxy) is 1. The Balaban J connectivity index is 1.85. The van der Waals surface area contributed by atoms with Crippen molar-refractivity contribution in [3.63, 3.8) is 0 Å². The number of rotatable bonds is 9. The number of aliphatic carboxylic acids is 1. The highest BCUT2D eigenvalue weighted by Gasteiger charge is 2.41. The van der Waals surface area contributed by atoms with Gasteiger partial charge in [-0.15, -0.1) is 0 Å². The molecule has 9 nitrogen and oxygen atoms in total. The molecule has 1 aromatic carbocycles. The van der Waals surface area contributed by atoms with Gasteiger partial charge in [-0.2, -0.15) is 13.2 Å². The molecule has 0 aliphatic heterocycles. The number of hydrogen-bond acceptors (Lipinski definition) is 5. The number of carbonyl (C=O) groups excluding carboxylic acids is 1. The van der Waals surface area contributed by atoms with E-state index in [2.05, 4.69) is 9.97 Å². The number of benzene rings is 1. The van der Waals surface area contributed by atoms with E-state index in [0.717, 1.165) is 0 Å². The van der Waals surface area contributed by atoms with Gasteiger partial charge in [0.25, 0.3) is 5.88 Å². The smallest absolute Gasteiger partial charge is 0.408 e. The van der Waals surface area contributed by atoms with Crippen molar-refractivity contribution in [1.82, 2.24) is 24.6 Å². The molecule has 3 rings (SSSR count). The van der Waals surface area contributed by atoms with Gasteiger partial charge in [0, 0.05) is 37.1 Å². The highest BCUT2D eigenvalue weighted by atomic mass is 19.4. The summed E-state index contributed by atoms with van der Waals surface area (Å²) in [4.78, 5) is 33.5. The Bertz CT molecular complexity index is 1200. The van der Waals surface area contributed by atoms with E-state index in [1.807, 2.05) is 11.4 Å². The monoisotopic (exact) mass is 493 g/mol. The molecule has 2 heterocycles. The zero-order valence-corrected chi connectivity index (χ0v) is 19.4. The number of imidazole rings is 1. The van der Waals surface area contributed by atoms with Crippen LogP contribution < -0.4 is 10.1 Å². The first-order chi connectivity index (χ1) is 16.5. The summed E-state index contributed by atoms with van der Waals surface area (Å²) in [5.74, 6) is -1.04. The maximum Gasteiger partial charge on any atom is 0.408 e. The summed E-state index contributed by atoms with van der Waals surface area (Å²) in [7, 11) is 1.49. The van der Waals surface area contributed by atoms with Crippen LogP contribution in [0.25, 0.3) is 16.9 Å². The molecule has 0 saturated carbocycles. The van der Waals surface area contributed by atoms with Gasteiger partial charge in [0.15, 0.2) is 5.65 Å². The normalized spacial score (nSPS) is 13.3. The third kappa shape index (κ3) is 6.00. The van der Waals surface area contributed by atoms with Crippen molar-refractivity contribution in [1.29, 1.82) is 0 Å². The van der Waals surface area contributed by atoms with Crippen LogP contribution >= 0.6 is 0 Å². The van der Waals surface area contributed by atoms with Crippen LogP contribution in [0.2, 0.25) is 0 Å². The van der Waals surface area contributed by atoms with Crippen molar-refractivity contribution in [2.45, 2.75) is 44.9 Å². The van der Waals surface area contributed by atoms with Crippen LogP contribution in [0.5, 0.6) is 5.88 Å². The summed E-state index contributed by atoms with van der Waals surface area (Å²) in [6, 6.07) is 3.38. The molecule has 0 aliphatic carbocycles. The number of carboxylic acid groups (broad SMARTS) is 1. The van der Waals surface area contributed by atoms with E-state index in [0.29, 0.717) is 28.3 Å². The summed E-state index contributed by atoms with van der Waals surface area (Å²) in [6.45, 7) is 3.49. The molecule has 35 heavy (non-hydrogen) atoms. The number of nitrogens with zero attached hydrogens (tertiary/aromatic N) is 4. The van der Waals surface area contributed by atoms with Crippen LogP contribution in [-0.4, -0.2) is 62.2 Å². The first kappa shape index (κ1) is 25.8. The summed E-state index contributed by atoms with van der Waals surface area (Å²) in [5.41, 5.74) is 2.53. The number of halogens is 3. The standard InChI is InChI=1S/C23H26F3N5O4/c1-4-31(22(34)29-18(23(24,25)26)8-9-19(32)33)14(2)15-6-5-7-16(12-15)17-13-30-11-10-27-20(30)21(28-17)35-3/h5-7,10-14,18H,4,8-9H2,1-3H3,(H,29,34)(H,32,33)/t14-,18?/m1/s1. The molecule has 2 atom stereocenters. The molecule has 0 aliphatic rings. The average molecular weight is 493 g/mol. The number of alkyl halides is 3. The predicted molar refractivity (Wildman–Crippen MR) is 121 cm³/mol. The Morgan fingerprint density at radius 3 is 2.69 bits per heavy atom. The van der Waals surface area contributed by atoms with Crippen molar-refractivity contribution in [3.8, 4) is 17.1 Å². The van der Waals surface area contributed by atoms with Crippen molar-refractivity contribution < 1.29 is 32.6 Å². The van der Waals surface area contributed by atoms with Gasteiger partial charge in [0.05, 0.1) is 18.8 Å². The van der Waals surface area contributed by atoms with E-state index < -0.39 is 43.1 Å². The molecule has 2 amide bonds. The zero-order chi connectivity index (χ0) is 25.8. The van der Waals surface area contributed by atoms with Crippen molar-refractivity contribution in [3.05, 3.63) is 48.4 Å². The number of carboxylic acids is 1. The summed E-state index contributed by atoms with van der Waals surface area (Å²) >= 11 is 0. The number of carbonyl (C=O) groups is 2. The predicted octanol–water partition coefficient (Wildman–Crippen LogP) is 4.29. The fraction of sp³-hybridized carbons (Fsp3) is 0.391. The van der Waals surface area contributed by atoms with Crippen LogP contribution in [0.1, 0.15) is 38.3 Å². The number of hydrogen-bond donors (Lipinski definition) is 2. The number of urea groups is 1. The Hall–Kier alpha value is -3.83. The Labute approximate surface area is 199 Å². The third-order valence-corrected chi connectivity index (χ3v) is 5.61. The summed E-state index contributed by atoms with van der Waals surface area (Å²) in [5, 5.41) is 10.7. The lowest BCUT2D eigenvalue weighted by Gasteiger charge is -2.31. The van der Waals surface area contributed by atoms with Gasteiger partial charge in [-0.1, -0.05) is 18.2 Å².